The van der Waals surface area contributed by atoms with Gasteiger partial charge in [0.1, 0.15) is 31.1 Å². The molecule has 3 amide bonds. The molecule has 0 fully saturated rings. The lowest BCUT2D eigenvalue weighted by Gasteiger charge is -2.33. The van der Waals surface area contributed by atoms with Crippen molar-refractivity contribution in [3.63, 3.8) is 0 Å². The number of rotatable bonds is 20. The molecule has 294 valence electrons. The first-order chi connectivity index (χ1) is 26.3. The number of aliphatic hydroxyl groups is 1. The number of nitrogens with zero attached hydrogens (tertiary/aromatic N) is 2. The summed E-state index contributed by atoms with van der Waals surface area (Å²) < 4.78 is 48.8. The Morgan fingerprint density at radius 2 is 1.45 bits per heavy atom. The summed E-state index contributed by atoms with van der Waals surface area (Å²) in [4.78, 5) is 47.7. The van der Waals surface area contributed by atoms with Gasteiger partial charge in [-0.15, -0.1) is 0 Å². The van der Waals surface area contributed by atoms with Crippen LogP contribution in [0.4, 0.5) is 13.6 Å². The Balaban J connectivity index is 1.49. The van der Waals surface area contributed by atoms with Crippen LogP contribution in [0.1, 0.15) is 50.1 Å². The van der Waals surface area contributed by atoms with Crippen molar-refractivity contribution in [2.75, 3.05) is 6.61 Å². The van der Waals surface area contributed by atoms with Crippen molar-refractivity contribution >= 4 is 17.9 Å². The highest BCUT2D eigenvalue weighted by molar-refractivity contribution is 5.87. The summed E-state index contributed by atoms with van der Waals surface area (Å²) in [6.07, 6.45) is 0.778. The van der Waals surface area contributed by atoms with E-state index in [1.807, 2.05) is 30.3 Å². The van der Waals surface area contributed by atoms with Gasteiger partial charge in [-0.05, 0) is 59.7 Å². The number of pyridine rings is 2. The molecule has 2 aromatic heterocycles. The predicted molar refractivity (Wildman–Crippen MR) is 201 cm³/mol. The number of alkyl carbamates (subject to hydrolysis) is 1. The molecule has 0 saturated carbocycles. The van der Waals surface area contributed by atoms with Crippen LogP contribution in [0.3, 0.4) is 0 Å². The number of amides is 3. The topological polar surface area (TPSA) is 161 Å². The Labute approximate surface area is 320 Å². The van der Waals surface area contributed by atoms with E-state index in [0.29, 0.717) is 29.2 Å². The third-order valence-corrected chi connectivity index (χ3v) is 8.72. The van der Waals surface area contributed by atoms with Gasteiger partial charge < -0.3 is 35.3 Å². The van der Waals surface area contributed by atoms with Crippen molar-refractivity contribution < 1.29 is 42.5 Å². The van der Waals surface area contributed by atoms with Crippen molar-refractivity contribution in [1.29, 1.82) is 0 Å². The fraction of sp³-hybridized carbons (Fsp3) is 0.390. The van der Waals surface area contributed by atoms with Gasteiger partial charge in [-0.2, -0.15) is 8.78 Å². The fourth-order valence-corrected chi connectivity index (χ4v) is 5.39. The highest BCUT2D eigenvalue weighted by Gasteiger charge is 2.51. The maximum atomic E-state index is 16.0. The quantitative estimate of drug-likeness (QED) is 0.0927. The zero-order valence-corrected chi connectivity index (χ0v) is 31.4. The number of alkyl halides is 2. The number of ether oxygens (including phenoxy) is 3. The molecule has 0 bridgehead atoms. The van der Waals surface area contributed by atoms with E-state index < -0.39 is 54.0 Å². The third-order valence-electron chi connectivity index (χ3n) is 8.72. The molecule has 0 spiro atoms. The van der Waals surface area contributed by atoms with E-state index >= 15 is 8.78 Å². The molecular formula is C41H49F2N5O7. The third kappa shape index (κ3) is 13.4. The molecule has 12 nitrogen and oxygen atoms in total. The number of carbonyl (C=O) groups excluding carboxylic acids is 3. The van der Waals surface area contributed by atoms with E-state index in [4.69, 9.17) is 14.2 Å². The molecule has 4 atom stereocenters. The van der Waals surface area contributed by atoms with Crippen molar-refractivity contribution in [2.45, 2.75) is 84.1 Å². The predicted octanol–water partition coefficient (Wildman–Crippen LogP) is 5.39. The molecule has 2 aromatic carbocycles. The molecule has 4 rings (SSSR count). The largest absolute Gasteiger partial charge is 0.489 e. The summed E-state index contributed by atoms with van der Waals surface area (Å²) in [6, 6.07) is 20.9. The Morgan fingerprint density at radius 3 is 2.09 bits per heavy atom. The lowest BCUT2D eigenvalue weighted by atomic mass is 9.94. The summed E-state index contributed by atoms with van der Waals surface area (Å²) in [5.74, 6) is -7.28. The van der Waals surface area contributed by atoms with Gasteiger partial charge in [0.2, 0.25) is 5.91 Å². The Morgan fingerprint density at radius 1 is 0.745 bits per heavy atom. The van der Waals surface area contributed by atoms with Crippen molar-refractivity contribution in [1.82, 2.24) is 25.9 Å². The second-order valence-electron chi connectivity index (χ2n) is 13.8. The van der Waals surface area contributed by atoms with E-state index in [2.05, 4.69) is 25.9 Å². The minimum Gasteiger partial charge on any atom is -0.489 e. The van der Waals surface area contributed by atoms with Crippen molar-refractivity contribution in [2.24, 2.45) is 11.8 Å². The first-order valence-electron chi connectivity index (χ1n) is 18.1. The van der Waals surface area contributed by atoms with Crippen LogP contribution in [-0.4, -0.2) is 69.7 Å². The molecule has 0 saturated heterocycles. The lowest BCUT2D eigenvalue weighted by Crippen LogP contribution is -2.62. The van der Waals surface area contributed by atoms with Gasteiger partial charge in [0.15, 0.2) is 0 Å². The molecule has 0 aliphatic rings. The van der Waals surface area contributed by atoms with Gasteiger partial charge in [-0.3, -0.25) is 19.6 Å². The number of aliphatic hydroxyl groups excluding tert-OH is 1. The van der Waals surface area contributed by atoms with Crippen molar-refractivity contribution in [3.8, 4) is 5.75 Å². The smallest absolute Gasteiger partial charge is 0.408 e. The number of halogens is 2. The molecule has 4 aromatic rings. The van der Waals surface area contributed by atoms with Gasteiger partial charge >= 0.3 is 12.0 Å². The molecule has 4 N–H and O–H groups in total. The van der Waals surface area contributed by atoms with E-state index in [1.165, 1.54) is 6.20 Å². The van der Waals surface area contributed by atoms with Crippen LogP contribution in [0.5, 0.6) is 5.75 Å². The van der Waals surface area contributed by atoms with Gasteiger partial charge in [-0.25, -0.2) is 4.79 Å². The van der Waals surface area contributed by atoms with Crippen LogP contribution in [0, 0.1) is 11.8 Å². The van der Waals surface area contributed by atoms with Gasteiger partial charge in [0, 0.05) is 24.2 Å². The standard InChI is InChI=1S/C41H49F2N5O7/c1-27(2)35(26-53-25-32-14-8-9-20-45-32)47-39(51)41(42,43)37(49)34(21-29-15-17-33(18-16-29)54-23-30-11-6-5-7-12-30)46-38(50)36(28(3)4)48-40(52)55-24-31-13-10-19-44-22-31/h5-20,22,27-28,34-37,49H,21,23-26H2,1-4H3,(H,46,50)(H,47,51)(H,48,52)/t34?,35-,36-,37?/m0/s1. The SMILES string of the molecule is CC(C)[C@H](COCc1ccccn1)NC(=O)C(F)(F)C(O)C(Cc1ccc(OCc2ccccc2)cc1)NC(=O)[C@@H](NC(=O)OCc1cccnc1)C(C)C. The molecule has 0 radical (unpaired) electrons. The minimum atomic E-state index is -4.37. The minimum absolute atomic E-state index is 0.0936. The number of carbonyl (C=O) groups is 3. The normalized spacial score (nSPS) is 13.7. The summed E-state index contributed by atoms with van der Waals surface area (Å²) in [5.41, 5.74) is 2.65. The Kier molecular flexibility index (Phi) is 16.0. The van der Waals surface area contributed by atoms with Crippen LogP contribution in [-0.2, 0) is 45.3 Å². The first kappa shape index (κ1) is 42.3. The lowest BCUT2D eigenvalue weighted by molar-refractivity contribution is -0.169. The van der Waals surface area contributed by atoms with E-state index in [-0.39, 0.29) is 32.2 Å². The van der Waals surface area contributed by atoms with E-state index in [0.717, 1.165) is 5.56 Å². The summed E-state index contributed by atoms with van der Waals surface area (Å²) in [7, 11) is 0. The van der Waals surface area contributed by atoms with Crippen LogP contribution in [0.15, 0.2) is 104 Å². The number of aromatic nitrogens is 2. The first-order valence-corrected chi connectivity index (χ1v) is 18.1. The summed E-state index contributed by atoms with van der Waals surface area (Å²) >= 11 is 0. The Bertz CT molecular complexity index is 1770. The second kappa shape index (κ2) is 20.8. The van der Waals surface area contributed by atoms with E-state index in [9.17, 15) is 19.5 Å². The van der Waals surface area contributed by atoms with Crippen LogP contribution < -0.4 is 20.7 Å². The highest BCUT2D eigenvalue weighted by atomic mass is 19.3. The number of benzene rings is 2. The second-order valence-corrected chi connectivity index (χ2v) is 13.8. The monoisotopic (exact) mass is 761 g/mol. The van der Waals surface area contributed by atoms with Gasteiger partial charge in [-0.1, -0.05) is 82.3 Å². The van der Waals surface area contributed by atoms with Crippen molar-refractivity contribution in [3.05, 3.63) is 126 Å². The molecule has 0 aliphatic heterocycles. The molecule has 14 heteroatoms. The molecular weight excluding hydrogens is 712 g/mol. The van der Waals surface area contributed by atoms with Crippen LogP contribution >= 0.6 is 0 Å². The average Bonchev–Trinajstić information content (AvgIpc) is 3.18. The maximum absolute atomic E-state index is 16.0. The number of nitrogens with one attached hydrogen (secondary N) is 3. The fourth-order valence-electron chi connectivity index (χ4n) is 5.39. The summed E-state index contributed by atoms with van der Waals surface area (Å²) in [5, 5.41) is 18.6. The zero-order chi connectivity index (χ0) is 39.8. The molecule has 55 heavy (non-hydrogen) atoms. The number of hydrogen-bond donors (Lipinski definition) is 4. The number of hydrogen-bond acceptors (Lipinski definition) is 9. The summed E-state index contributed by atoms with van der Waals surface area (Å²) in [6.45, 7) is 6.96. The van der Waals surface area contributed by atoms with E-state index in [1.54, 1.807) is 94.7 Å². The molecule has 2 heterocycles. The van der Waals surface area contributed by atoms with Crippen LogP contribution in [0.2, 0.25) is 0 Å². The zero-order valence-electron chi connectivity index (χ0n) is 31.4. The highest BCUT2D eigenvalue weighted by Crippen LogP contribution is 2.26. The maximum Gasteiger partial charge on any atom is 0.408 e. The average molecular weight is 762 g/mol. The van der Waals surface area contributed by atoms with Gasteiger partial charge in [0.05, 0.1) is 31.0 Å². The Hall–Kier alpha value is -5.47. The van der Waals surface area contributed by atoms with Gasteiger partial charge in [0.25, 0.3) is 5.91 Å². The van der Waals surface area contributed by atoms with Crippen LogP contribution in [0.25, 0.3) is 0 Å². The molecule has 2 unspecified atom stereocenters. The molecule has 0 aliphatic carbocycles.